The number of ether oxygens (including phenoxy) is 1. The van der Waals surface area contributed by atoms with Gasteiger partial charge in [-0.15, -0.1) is 0 Å². The highest BCUT2D eigenvalue weighted by Crippen LogP contribution is 2.25. The van der Waals surface area contributed by atoms with E-state index in [2.05, 4.69) is 9.82 Å². The first-order valence-electron chi connectivity index (χ1n) is 7.82. The minimum absolute atomic E-state index is 0.269. The molecule has 134 valence electrons. The molecule has 0 unspecified atom stereocenters. The predicted molar refractivity (Wildman–Crippen MR) is 89.7 cm³/mol. The Morgan fingerprint density at radius 1 is 1.32 bits per heavy atom. The Kier molecular flexibility index (Phi) is 5.00. The highest BCUT2D eigenvalue weighted by atomic mass is 32.2. The summed E-state index contributed by atoms with van der Waals surface area (Å²) < 4.78 is 34.2. The summed E-state index contributed by atoms with van der Waals surface area (Å²) in [6.45, 7) is 2.13. The molecule has 1 fully saturated rings. The SMILES string of the molecule is O=[N+]([O-])c1ccccc1S(=O)(=O)Nc1cnn(CC2CCOCC2)c1. The molecule has 3 rings (SSSR count). The molecule has 10 heteroatoms. The molecule has 0 bridgehead atoms. The van der Waals surface area contributed by atoms with Crippen molar-refractivity contribution in [3.8, 4) is 0 Å². The summed E-state index contributed by atoms with van der Waals surface area (Å²) >= 11 is 0. The molecule has 1 saturated heterocycles. The first kappa shape index (κ1) is 17.4. The van der Waals surface area contributed by atoms with E-state index in [4.69, 9.17) is 4.74 Å². The molecule has 25 heavy (non-hydrogen) atoms. The minimum atomic E-state index is -4.07. The van der Waals surface area contributed by atoms with Gasteiger partial charge in [0.25, 0.3) is 15.7 Å². The van der Waals surface area contributed by atoms with Gasteiger partial charge in [0, 0.05) is 32.0 Å². The van der Waals surface area contributed by atoms with Gasteiger partial charge in [0.15, 0.2) is 4.90 Å². The zero-order valence-electron chi connectivity index (χ0n) is 13.4. The Morgan fingerprint density at radius 3 is 2.76 bits per heavy atom. The number of sulfonamides is 1. The molecule has 1 aromatic carbocycles. The smallest absolute Gasteiger partial charge is 0.289 e. The number of nitro benzene ring substituents is 1. The van der Waals surface area contributed by atoms with E-state index in [1.807, 2.05) is 0 Å². The molecule has 0 radical (unpaired) electrons. The van der Waals surface area contributed by atoms with Crippen LogP contribution in [0.25, 0.3) is 0 Å². The summed E-state index contributed by atoms with van der Waals surface area (Å²) in [5.74, 6) is 0.438. The van der Waals surface area contributed by atoms with Crippen molar-refractivity contribution in [1.82, 2.24) is 9.78 Å². The topological polar surface area (TPSA) is 116 Å². The number of anilines is 1. The molecule has 1 aliphatic rings. The van der Waals surface area contributed by atoms with E-state index in [1.54, 1.807) is 10.9 Å². The Bertz CT molecular complexity index is 858. The van der Waals surface area contributed by atoms with Crippen molar-refractivity contribution in [1.29, 1.82) is 0 Å². The van der Waals surface area contributed by atoms with Crippen molar-refractivity contribution in [3.05, 3.63) is 46.8 Å². The molecule has 0 spiro atoms. The number of nitrogens with zero attached hydrogens (tertiary/aromatic N) is 3. The van der Waals surface area contributed by atoms with Crippen molar-refractivity contribution in [2.75, 3.05) is 17.9 Å². The van der Waals surface area contributed by atoms with Gasteiger partial charge in [0.1, 0.15) is 0 Å². The lowest BCUT2D eigenvalue weighted by Gasteiger charge is -2.21. The van der Waals surface area contributed by atoms with Gasteiger partial charge in [-0.3, -0.25) is 19.5 Å². The Morgan fingerprint density at radius 2 is 2.04 bits per heavy atom. The average molecular weight is 366 g/mol. The molecular weight excluding hydrogens is 348 g/mol. The largest absolute Gasteiger partial charge is 0.381 e. The molecule has 1 aliphatic heterocycles. The maximum absolute atomic E-state index is 12.5. The van der Waals surface area contributed by atoms with Crippen molar-refractivity contribution in [2.45, 2.75) is 24.3 Å². The second-order valence-electron chi connectivity index (χ2n) is 5.84. The van der Waals surface area contributed by atoms with E-state index < -0.39 is 20.6 Å². The van der Waals surface area contributed by atoms with Crippen LogP contribution < -0.4 is 4.72 Å². The third-order valence-electron chi connectivity index (χ3n) is 4.02. The number of hydrogen-bond acceptors (Lipinski definition) is 6. The van der Waals surface area contributed by atoms with E-state index in [0.717, 1.165) is 32.1 Å². The summed E-state index contributed by atoms with van der Waals surface area (Å²) in [6, 6.07) is 5.22. The summed E-state index contributed by atoms with van der Waals surface area (Å²) in [5.41, 5.74) is -0.199. The molecule has 1 N–H and O–H groups in total. The second-order valence-corrected chi connectivity index (χ2v) is 7.49. The van der Waals surface area contributed by atoms with Crippen LogP contribution in [0.3, 0.4) is 0 Å². The van der Waals surface area contributed by atoms with Crippen LogP contribution >= 0.6 is 0 Å². The van der Waals surface area contributed by atoms with Gasteiger partial charge in [-0.05, 0) is 24.8 Å². The van der Waals surface area contributed by atoms with E-state index in [0.29, 0.717) is 12.5 Å². The normalized spacial score (nSPS) is 15.8. The number of hydrogen-bond donors (Lipinski definition) is 1. The molecule has 2 aromatic rings. The van der Waals surface area contributed by atoms with Gasteiger partial charge in [-0.25, -0.2) is 8.42 Å². The van der Waals surface area contributed by atoms with Crippen LogP contribution in [-0.2, 0) is 21.3 Å². The highest BCUT2D eigenvalue weighted by Gasteiger charge is 2.25. The summed E-state index contributed by atoms with van der Waals surface area (Å²) in [6.07, 6.45) is 4.86. The fourth-order valence-corrected chi connectivity index (χ4v) is 3.96. The first-order valence-corrected chi connectivity index (χ1v) is 9.30. The van der Waals surface area contributed by atoms with E-state index >= 15 is 0 Å². The second kappa shape index (κ2) is 7.19. The molecule has 0 saturated carbocycles. The third-order valence-corrected chi connectivity index (χ3v) is 5.45. The van der Waals surface area contributed by atoms with E-state index in [1.165, 1.54) is 24.4 Å². The fraction of sp³-hybridized carbons (Fsp3) is 0.400. The summed E-state index contributed by atoms with van der Waals surface area (Å²) in [4.78, 5) is 9.94. The van der Waals surface area contributed by atoms with Crippen LogP contribution in [0.5, 0.6) is 0 Å². The average Bonchev–Trinajstić information content (AvgIpc) is 3.02. The van der Waals surface area contributed by atoms with Crippen LogP contribution in [-0.4, -0.2) is 36.3 Å². The monoisotopic (exact) mass is 366 g/mol. The van der Waals surface area contributed by atoms with Gasteiger partial charge >= 0.3 is 0 Å². The number of aromatic nitrogens is 2. The van der Waals surface area contributed by atoms with Crippen molar-refractivity contribution in [3.63, 3.8) is 0 Å². The predicted octanol–water partition coefficient (Wildman–Crippen LogP) is 2.02. The number of rotatable bonds is 6. The number of nitro groups is 1. The van der Waals surface area contributed by atoms with Crippen LogP contribution in [0.15, 0.2) is 41.6 Å². The van der Waals surface area contributed by atoms with E-state index in [9.17, 15) is 18.5 Å². The van der Waals surface area contributed by atoms with Gasteiger partial charge < -0.3 is 4.74 Å². The Labute approximate surface area is 144 Å². The minimum Gasteiger partial charge on any atom is -0.381 e. The zero-order valence-corrected chi connectivity index (χ0v) is 14.2. The van der Waals surface area contributed by atoms with Crippen LogP contribution in [0, 0.1) is 16.0 Å². The van der Waals surface area contributed by atoms with Gasteiger partial charge in [-0.1, -0.05) is 12.1 Å². The lowest BCUT2D eigenvalue weighted by atomic mass is 10.0. The van der Waals surface area contributed by atoms with Crippen LogP contribution in [0.1, 0.15) is 12.8 Å². The van der Waals surface area contributed by atoms with E-state index in [-0.39, 0.29) is 10.6 Å². The molecular formula is C15H18N4O5S. The van der Waals surface area contributed by atoms with Crippen LogP contribution in [0.4, 0.5) is 11.4 Å². The van der Waals surface area contributed by atoms with Crippen molar-refractivity contribution < 1.29 is 18.1 Å². The molecule has 0 amide bonds. The quantitative estimate of drug-likeness (QED) is 0.617. The molecule has 9 nitrogen and oxygen atoms in total. The molecule has 0 atom stereocenters. The molecule has 2 heterocycles. The summed E-state index contributed by atoms with van der Waals surface area (Å²) in [5, 5.41) is 15.2. The van der Waals surface area contributed by atoms with Crippen molar-refractivity contribution in [2.24, 2.45) is 5.92 Å². The zero-order chi connectivity index (χ0) is 17.9. The Hall–Kier alpha value is -2.46. The van der Waals surface area contributed by atoms with Gasteiger partial charge in [-0.2, -0.15) is 5.10 Å². The summed E-state index contributed by atoms with van der Waals surface area (Å²) in [7, 11) is -4.07. The highest BCUT2D eigenvalue weighted by molar-refractivity contribution is 7.92. The number of para-hydroxylation sites is 1. The maximum Gasteiger partial charge on any atom is 0.289 e. The maximum atomic E-state index is 12.5. The molecule has 1 aromatic heterocycles. The third kappa shape index (κ3) is 4.15. The Balaban J connectivity index is 1.74. The van der Waals surface area contributed by atoms with Gasteiger partial charge in [0.05, 0.1) is 16.8 Å². The van der Waals surface area contributed by atoms with Crippen molar-refractivity contribution >= 4 is 21.4 Å². The fourth-order valence-electron chi connectivity index (χ4n) is 2.76. The van der Waals surface area contributed by atoms with Crippen LogP contribution in [0.2, 0.25) is 0 Å². The molecule has 0 aliphatic carbocycles. The number of nitrogens with one attached hydrogen (secondary N) is 1. The number of benzene rings is 1. The standard InChI is InChI=1S/C15H18N4O5S/c20-19(21)14-3-1-2-4-15(14)25(22,23)17-13-9-16-18(11-13)10-12-5-7-24-8-6-12/h1-4,9,11-12,17H,5-8,10H2. The lowest BCUT2D eigenvalue weighted by molar-refractivity contribution is -0.387. The van der Waals surface area contributed by atoms with Gasteiger partial charge in [0.2, 0.25) is 0 Å². The first-order chi connectivity index (χ1) is 12.0. The lowest BCUT2D eigenvalue weighted by Crippen LogP contribution is -2.20.